The second-order valence-corrected chi connectivity index (χ2v) is 8.75. The smallest absolute Gasteiger partial charge is 0.411 e. The van der Waals surface area contributed by atoms with Gasteiger partial charge in [-0.05, 0) is 56.3 Å². The van der Waals surface area contributed by atoms with Gasteiger partial charge in [0.25, 0.3) is 5.91 Å². The predicted molar refractivity (Wildman–Crippen MR) is 135 cm³/mol. The molecule has 2 aromatic carbocycles. The van der Waals surface area contributed by atoms with Crippen LogP contribution in [0.1, 0.15) is 24.3 Å². The molecule has 0 saturated heterocycles. The number of rotatable bonds is 5. The molecule has 3 N–H and O–H groups in total. The maximum Gasteiger partial charge on any atom is 0.411 e. The first-order chi connectivity index (χ1) is 17.2. The summed E-state index contributed by atoms with van der Waals surface area (Å²) in [5.74, 6) is -0.602. The summed E-state index contributed by atoms with van der Waals surface area (Å²) in [5, 5.41) is 6.72. The molecule has 0 saturated carbocycles. The topological polar surface area (TPSA) is 113 Å². The lowest BCUT2D eigenvalue weighted by Gasteiger charge is -2.09. The maximum atomic E-state index is 14.7. The van der Waals surface area contributed by atoms with Gasteiger partial charge in [-0.15, -0.1) is 0 Å². The Morgan fingerprint density at radius 2 is 1.92 bits per heavy atom. The highest BCUT2D eigenvalue weighted by Gasteiger charge is 2.15. The van der Waals surface area contributed by atoms with Crippen LogP contribution in [0, 0.1) is 5.82 Å². The van der Waals surface area contributed by atoms with Gasteiger partial charge in [0.05, 0.1) is 23.7 Å². The lowest BCUT2D eigenvalue weighted by Crippen LogP contribution is -2.18. The summed E-state index contributed by atoms with van der Waals surface area (Å²) in [5.41, 5.74) is 2.36. The van der Waals surface area contributed by atoms with E-state index in [0.29, 0.717) is 33.6 Å². The second kappa shape index (κ2) is 9.31. The largest absolute Gasteiger partial charge is 0.447 e. The van der Waals surface area contributed by atoms with Crippen molar-refractivity contribution in [2.45, 2.75) is 20.0 Å². The van der Waals surface area contributed by atoms with Gasteiger partial charge in [0.15, 0.2) is 0 Å². The maximum absolute atomic E-state index is 14.7. The van der Waals surface area contributed by atoms with Crippen molar-refractivity contribution in [2.24, 2.45) is 0 Å². The zero-order valence-electron chi connectivity index (χ0n) is 19.2. The summed E-state index contributed by atoms with van der Waals surface area (Å²) in [7, 11) is 0. The minimum atomic E-state index is -0.612. The van der Waals surface area contributed by atoms with E-state index in [1.54, 1.807) is 54.9 Å². The molecule has 0 unspecified atom stereocenters. The van der Waals surface area contributed by atoms with Gasteiger partial charge in [-0.1, -0.05) is 11.6 Å². The SMILES string of the molecule is CC(C)OC(=O)Nc1cnc2nc(-c3cc(NC(=O)c4cc5cc(Cl)ccc5[nH]4)ccc3F)cn2c1. The number of aromatic amines is 1. The van der Waals surface area contributed by atoms with Crippen molar-refractivity contribution in [2.75, 3.05) is 10.6 Å². The Hall–Kier alpha value is -4.44. The first-order valence-electron chi connectivity index (χ1n) is 11.0. The molecule has 0 radical (unpaired) electrons. The van der Waals surface area contributed by atoms with Crippen LogP contribution in [0.15, 0.2) is 61.1 Å². The molecule has 36 heavy (non-hydrogen) atoms. The van der Waals surface area contributed by atoms with Gasteiger partial charge in [-0.25, -0.2) is 19.2 Å². The van der Waals surface area contributed by atoms with E-state index in [0.717, 1.165) is 10.9 Å². The van der Waals surface area contributed by atoms with Gasteiger partial charge < -0.3 is 15.0 Å². The van der Waals surface area contributed by atoms with Crippen LogP contribution >= 0.6 is 11.6 Å². The lowest BCUT2D eigenvalue weighted by molar-refractivity contribution is 0.102. The van der Waals surface area contributed by atoms with Crippen LogP contribution in [0.4, 0.5) is 20.6 Å². The van der Waals surface area contributed by atoms with Gasteiger partial charge >= 0.3 is 6.09 Å². The van der Waals surface area contributed by atoms with E-state index in [-0.39, 0.29) is 17.6 Å². The van der Waals surface area contributed by atoms with E-state index >= 15 is 0 Å². The monoisotopic (exact) mass is 506 g/mol. The highest BCUT2D eigenvalue weighted by molar-refractivity contribution is 6.31. The van der Waals surface area contributed by atoms with E-state index < -0.39 is 11.9 Å². The first-order valence-corrected chi connectivity index (χ1v) is 11.3. The number of amides is 2. The highest BCUT2D eigenvalue weighted by atomic mass is 35.5. The van der Waals surface area contributed by atoms with Gasteiger partial charge in [0, 0.05) is 39.6 Å². The molecule has 0 bridgehead atoms. The molecule has 0 fully saturated rings. The minimum Gasteiger partial charge on any atom is -0.447 e. The quantitative estimate of drug-likeness (QED) is 0.275. The number of anilines is 2. The van der Waals surface area contributed by atoms with Crippen LogP contribution in [-0.2, 0) is 4.74 Å². The number of nitrogens with one attached hydrogen (secondary N) is 3. The van der Waals surface area contributed by atoms with E-state index in [2.05, 4.69) is 25.6 Å². The number of carbonyl (C=O) groups excluding carboxylic acids is 2. The van der Waals surface area contributed by atoms with Crippen LogP contribution < -0.4 is 10.6 Å². The van der Waals surface area contributed by atoms with E-state index in [4.69, 9.17) is 16.3 Å². The first kappa shape index (κ1) is 23.3. The number of aromatic nitrogens is 4. The fraction of sp³-hybridized carbons (Fsp3) is 0.120. The standard InChI is InChI=1S/C25H20ClFN6O3/c1-13(2)36-25(35)30-17-10-28-24-32-22(12-33(24)11-17)18-9-16(4-5-19(18)27)29-23(34)21-8-14-7-15(26)3-6-20(14)31-21/h3-13,31H,1-2H3,(H,29,34)(H,30,35). The second-order valence-electron chi connectivity index (χ2n) is 8.32. The normalized spacial score (nSPS) is 11.2. The van der Waals surface area contributed by atoms with Crippen molar-refractivity contribution in [1.29, 1.82) is 0 Å². The van der Waals surface area contributed by atoms with Crippen LogP contribution in [0.25, 0.3) is 27.9 Å². The van der Waals surface area contributed by atoms with Gasteiger partial charge in [0.2, 0.25) is 5.78 Å². The summed E-state index contributed by atoms with van der Waals surface area (Å²) in [6.07, 6.45) is 3.71. The number of ether oxygens (including phenoxy) is 1. The van der Waals surface area contributed by atoms with Crippen molar-refractivity contribution in [3.05, 3.63) is 77.6 Å². The Morgan fingerprint density at radius 3 is 2.72 bits per heavy atom. The Balaban J connectivity index is 1.38. The molecule has 0 spiro atoms. The van der Waals surface area contributed by atoms with E-state index in [9.17, 15) is 14.0 Å². The zero-order valence-corrected chi connectivity index (χ0v) is 19.9. The fourth-order valence-corrected chi connectivity index (χ4v) is 3.84. The Bertz CT molecular complexity index is 1630. The Kier molecular flexibility index (Phi) is 6.03. The van der Waals surface area contributed by atoms with Crippen molar-refractivity contribution >= 4 is 51.7 Å². The molecule has 11 heteroatoms. The number of carbonyl (C=O) groups is 2. The van der Waals surface area contributed by atoms with E-state index in [1.807, 2.05) is 0 Å². The number of H-pyrrole nitrogens is 1. The number of nitrogens with zero attached hydrogens (tertiary/aromatic N) is 3. The number of hydrogen-bond donors (Lipinski definition) is 3. The molecule has 0 aliphatic carbocycles. The van der Waals surface area contributed by atoms with Crippen LogP contribution in [0.3, 0.4) is 0 Å². The fourth-order valence-electron chi connectivity index (χ4n) is 3.66. The van der Waals surface area contributed by atoms with Crippen molar-refractivity contribution in [1.82, 2.24) is 19.4 Å². The number of halogens is 2. The number of benzene rings is 2. The molecule has 0 aliphatic rings. The van der Waals surface area contributed by atoms with Crippen LogP contribution in [0.5, 0.6) is 0 Å². The molecule has 3 heterocycles. The molecule has 5 aromatic rings. The van der Waals surface area contributed by atoms with E-state index in [1.165, 1.54) is 24.4 Å². The molecule has 5 rings (SSSR count). The number of imidazole rings is 1. The molecule has 0 atom stereocenters. The highest BCUT2D eigenvalue weighted by Crippen LogP contribution is 2.27. The van der Waals surface area contributed by atoms with Crippen molar-refractivity contribution < 1.29 is 18.7 Å². The molecular formula is C25H20ClFN6O3. The van der Waals surface area contributed by atoms with Gasteiger partial charge in [-0.2, -0.15) is 0 Å². The predicted octanol–water partition coefficient (Wildman–Crippen LogP) is 5.88. The summed E-state index contributed by atoms with van der Waals surface area (Å²) in [4.78, 5) is 36.2. The van der Waals surface area contributed by atoms with Crippen molar-refractivity contribution in [3.8, 4) is 11.3 Å². The Morgan fingerprint density at radius 1 is 1.08 bits per heavy atom. The average Bonchev–Trinajstić information content (AvgIpc) is 3.43. The van der Waals surface area contributed by atoms with Crippen LogP contribution in [-0.4, -0.2) is 37.5 Å². The third-order valence-corrected chi connectivity index (χ3v) is 5.46. The summed E-state index contributed by atoms with van der Waals surface area (Å²) < 4.78 is 21.3. The molecule has 3 aromatic heterocycles. The lowest BCUT2D eigenvalue weighted by atomic mass is 10.1. The molecular weight excluding hydrogens is 487 g/mol. The van der Waals surface area contributed by atoms with Crippen LogP contribution in [0.2, 0.25) is 5.02 Å². The average molecular weight is 507 g/mol. The third-order valence-electron chi connectivity index (χ3n) is 5.23. The van der Waals surface area contributed by atoms with Gasteiger partial charge in [-0.3, -0.25) is 14.5 Å². The third kappa shape index (κ3) is 4.84. The Labute approximate surface area is 209 Å². The molecule has 182 valence electrons. The summed E-state index contributed by atoms with van der Waals surface area (Å²) in [6, 6.07) is 11.2. The van der Waals surface area contributed by atoms with Crippen molar-refractivity contribution in [3.63, 3.8) is 0 Å². The molecule has 9 nitrogen and oxygen atoms in total. The molecule has 2 amide bonds. The minimum absolute atomic E-state index is 0.176. The molecule has 0 aliphatic heterocycles. The zero-order chi connectivity index (χ0) is 25.4. The number of hydrogen-bond acceptors (Lipinski definition) is 5. The number of fused-ring (bicyclic) bond motifs is 2. The summed E-state index contributed by atoms with van der Waals surface area (Å²) in [6.45, 7) is 3.48. The van der Waals surface area contributed by atoms with Gasteiger partial charge in [0.1, 0.15) is 11.5 Å². The summed E-state index contributed by atoms with van der Waals surface area (Å²) >= 11 is 6.02.